The van der Waals surface area contributed by atoms with Gasteiger partial charge in [0.05, 0.1) is 0 Å². The minimum absolute atomic E-state index is 0.357. The van der Waals surface area contributed by atoms with Crippen LogP contribution in [0.25, 0.3) is 0 Å². The molecule has 0 unspecified atom stereocenters. The number of nitrogens with one attached hydrogen (secondary N) is 3. The average Bonchev–Trinajstić information content (AvgIpc) is 2.90. The molecule has 1 fully saturated rings. The van der Waals surface area contributed by atoms with E-state index in [0.717, 1.165) is 42.9 Å². The minimum Gasteiger partial charge on any atom is -0.398 e. The van der Waals surface area contributed by atoms with Crippen LogP contribution >= 0.6 is 11.6 Å². The van der Waals surface area contributed by atoms with Crippen molar-refractivity contribution in [2.75, 3.05) is 29.2 Å². The molecule has 3 N–H and O–H groups in total. The van der Waals surface area contributed by atoms with Gasteiger partial charge in [-0.05, 0) is 73.4 Å². The first kappa shape index (κ1) is 26.0. The van der Waals surface area contributed by atoms with Crippen LogP contribution < -0.4 is 20.9 Å². The Labute approximate surface area is 221 Å². The number of benzene rings is 3. The number of halogens is 1. The maximum absolute atomic E-state index is 13.4. The number of nitrogens with zero attached hydrogens (tertiary/aromatic N) is 2. The van der Waals surface area contributed by atoms with Gasteiger partial charge in [-0.25, -0.2) is 4.79 Å². The zero-order valence-electron chi connectivity index (χ0n) is 20.8. The lowest BCUT2D eigenvalue weighted by Gasteiger charge is -2.31. The first-order valence-electron chi connectivity index (χ1n) is 12.1. The summed E-state index contributed by atoms with van der Waals surface area (Å²) in [6, 6.07) is 20.2. The molecule has 0 aromatic heterocycles. The quantitative estimate of drug-likeness (QED) is 0.329. The van der Waals surface area contributed by atoms with Gasteiger partial charge in [-0.1, -0.05) is 47.1 Å². The van der Waals surface area contributed by atoms with Crippen molar-refractivity contribution < 1.29 is 14.4 Å². The number of oxime groups is 1. The number of hydrogen-bond acceptors (Lipinski definition) is 4. The molecule has 37 heavy (non-hydrogen) atoms. The van der Waals surface area contributed by atoms with E-state index in [0.29, 0.717) is 22.0 Å². The van der Waals surface area contributed by atoms with Gasteiger partial charge >= 0.3 is 6.03 Å². The standard InChI is InChI=1S/C28H30ClN5O3/c1-19-18-23(15-16-24(19)34-17-7-6-10-25(34)33-37-2)30-27(35)26(20-8-4-3-5-9-20)32-28(36)31-22-13-11-21(29)12-14-22/h3-5,8-9,11-16,18,26H,6-7,10,17H2,1-2H3,(H,30,35)(H2,31,32,36)/t26-/m0/s1. The van der Waals surface area contributed by atoms with E-state index in [4.69, 9.17) is 16.4 Å². The normalized spacial score (nSPS) is 15.1. The van der Waals surface area contributed by atoms with E-state index in [9.17, 15) is 9.59 Å². The summed E-state index contributed by atoms with van der Waals surface area (Å²) in [5, 5.41) is 13.2. The van der Waals surface area contributed by atoms with Crippen LogP contribution in [-0.2, 0) is 9.63 Å². The maximum Gasteiger partial charge on any atom is 0.320 e. The van der Waals surface area contributed by atoms with Gasteiger partial charge in [-0.2, -0.15) is 0 Å². The molecule has 0 radical (unpaired) electrons. The third-order valence-electron chi connectivity index (χ3n) is 6.07. The molecular weight excluding hydrogens is 490 g/mol. The average molecular weight is 520 g/mol. The van der Waals surface area contributed by atoms with E-state index < -0.39 is 12.1 Å². The van der Waals surface area contributed by atoms with Crippen molar-refractivity contribution in [3.63, 3.8) is 0 Å². The highest BCUT2D eigenvalue weighted by atomic mass is 35.5. The van der Waals surface area contributed by atoms with Crippen molar-refractivity contribution in [3.8, 4) is 0 Å². The third-order valence-corrected chi connectivity index (χ3v) is 6.32. The number of piperidine rings is 1. The van der Waals surface area contributed by atoms with Gasteiger partial charge in [0.25, 0.3) is 5.91 Å². The summed E-state index contributed by atoms with van der Waals surface area (Å²) in [4.78, 5) is 33.3. The minimum atomic E-state index is -0.906. The van der Waals surface area contributed by atoms with E-state index in [1.54, 1.807) is 43.5 Å². The van der Waals surface area contributed by atoms with E-state index in [2.05, 4.69) is 26.0 Å². The predicted molar refractivity (Wildman–Crippen MR) is 148 cm³/mol. The second kappa shape index (κ2) is 12.3. The van der Waals surface area contributed by atoms with Crippen LogP contribution in [0.3, 0.4) is 0 Å². The molecule has 4 rings (SSSR count). The lowest BCUT2D eigenvalue weighted by atomic mass is 10.0. The number of anilines is 3. The van der Waals surface area contributed by atoms with Crippen molar-refractivity contribution in [3.05, 3.63) is 88.9 Å². The number of carbonyl (C=O) groups is 2. The fraction of sp³-hybridized carbons (Fsp3) is 0.250. The van der Waals surface area contributed by atoms with Crippen molar-refractivity contribution in [1.82, 2.24) is 5.32 Å². The first-order chi connectivity index (χ1) is 17.9. The molecule has 192 valence electrons. The fourth-order valence-electron chi connectivity index (χ4n) is 4.30. The van der Waals surface area contributed by atoms with Crippen molar-refractivity contribution >= 4 is 46.4 Å². The van der Waals surface area contributed by atoms with Crippen LogP contribution in [0.1, 0.15) is 36.4 Å². The summed E-state index contributed by atoms with van der Waals surface area (Å²) in [6.07, 6.45) is 3.00. The number of amides is 3. The Hall–Kier alpha value is -4.04. The number of hydrogen-bond donors (Lipinski definition) is 3. The van der Waals surface area contributed by atoms with Gasteiger partial charge in [-0.15, -0.1) is 0 Å². The second-order valence-corrected chi connectivity index (χ2v) is 9.17. The van der Waals surface area contributed by atoms with Gasteiger partial charge in [-0.3, -0.25) is 4.79 Å². The van der Waals surface area contributed by atoms with Gasteiger partial charge in [0, 0.05) is 35.1 Å². The zero-order valence-corrected chi connectivity index (χ0v) is 21.6. The summed E-state index contributed by atoms with van der Waals surface area (Å²) in [5.74, 6) is 0.540. The first-order valence-corrected chi connectivity index (χ1v) is 12.5. The molecule has 0 aliphatic carbocycles. The largest absolute Gasteiger partial charge is 0.398 e. The number of rotatable bonds is 7. The molecule has 1 aliphatic rings. The summed E-state index contributed by atoms with van der Waals surface area (Å²) >= 11 is 5.92. The summed E-state index contributed by atoms with van der Waals surface area (Å²) < 4.78 is 0. The SMILES string of the molecule is CON=C1CCCCN1c1ccc(NC(=O)[C@@H](NC(=O)Nc2ccc(Cl)cc2)c2ccccc2)cc1C. The monoisotopic (exact) mass is 519 g/mol. The molecule has 9 heteroatoms. The Bertz CT molecular complexity index is 1260. The van der Waals surface area contributed by atoms with Crippen molar-refractivity contribution in [2.24, 2.45) is 5.16 Å². The molecule has 3 aromatic carbocycles. The molecule has 0 saturated carbocycles. The lowest BCUT2D eigenvalue weighted by molar-refractivity contribution is -0.118. The topological polar surface area (TPSA) is 95.1 Å². The third kappa shape index (κ3) is 6.80. The van der Waals surface area contributed by atoms with Crippen LogP contribution in [0.15, 0.2) is 78.0 Å². The lowest BCUT2D eigenvalue weighted by Crippen LogP contribution is -2.39. The van der Waals surface area contributed by atoms with Gasteiger partial charge in [0.1, 0.15) is 19.0 Å². The zero-order chi connectivity index (χ0) is 26.2. The van der Waals surface area contributed by atoms with Gasteiger partial charge < -0.3 is 25.7 Å². The van der Waals surface area contributed by atoms with Crippen molar-refractivity contribution in [2.45, 2.75) is 32.2 Å². The Balaban J connectivity index is 1.50. The molecule has 3 amide bonds. The van der Waals surface area contributed by atoms with Crippen LogP contribution in [0.4, 0.5) is 21.9 Å². The second-order valence-electron chi connectivity index (χ2n) is 8.74. The summed E-state index contributed by atoms with van der Waals surface area (Å²) in [7, 11) is 1.55. The smallest absolute Gasteiger partial charge is 0.320 e. The van der Waals surface area contributed by atoms with E-state index >= 15 is 0 Å². The molecule has 0 spiro atoms. The van der Waals surface area contributed by atoms with E-state index in [1.807, 2.05) is 43.3 Å². The molecule has 1 saturated heterocycles. The molecule has 1 atom stereocenters. The fourth-order valence-corrected chi connectivity index (χ4v) is 4.43. The highest BCUT2D eigenvalue weighted by molar-refractivity contribution is 6.30. The van der Waals surface area contributed by atoms with Gasteiger partial charge in [0.15, 0.2) is 0 Å². The highest BCUT2D eigenvalue weighted by Gasteiger charge is 2.24. The van der Waals surface area contributed by atoms with Crippen LogP contribution in [0.2, 0.25) is 5.02 Å². The molecule has 8 nitrogen and oxygen atoms in total. The van der Waals surface area contributed by atoms with Crippen LogP contribution in [0, 0.1) is 6.92 Å². The molecule has 0 bridgehead atoms. The molecular formula is C28H30ClN5O3. The molecule has 1 heterocycles. The summed E-state index contributed by atoms with van der Waals surface area (Å²) in [6.45, 7) is 2.86. The van der Waals surface area contributed by atoms with Crippen LogP contribution in [-0.4, -0.2) is 31.4 Å². The number of aryl methyl sites for hydroxylation is 1. The predicted octanol–water partition coefficient (Wildman–Crippen LogP) is 6.10. The van der Waals surface area contributed by atoms with Crippen molar-refractivity contribution in [1.29, 1.82) is 0 Å². The Morgan fingerprint density at radius 1 is 0.973 bits per heavy atom. The van der Waals surface area contributed by atoms with Crippen LogP contribution in [0.5, 0.6) is 0 Å². The highest BCUT2D eigenvalue weighted by Crippen LogP contribution is 2.28. The maximum atomic E-state index is 13.4. The van der Waals surface area contributed by atoms with E-state index in [-0.39, 0.29) is 5.91 Å². The molecule has 3 aromatic rings. The number of urea groups is 1. The number of amidine groups is 1. The van der Waals surface area contributed by atoms with Gasteiger partial charge in [0.2, 0.25) is 0 Å². The Kier molecular flexibility index (Phi) is 8.64. The van der Waals surface area contributed by atoms with E-state index in [1.165, 1.54) is 0 Å². The summed E-state index contributed by atoms with van der Waals surface area (Å²) in [5.41, 5.74) is 3.87. The molecule has 1 aliphatic heterocycles. The Morgan fingerprint density at radius 3 is 2.41 bits per heavy atom. The number of carbonyl (C=O) groups excluding carboxylic acids is 2. The Morgan fingerprint density at radius 2 is 1.70 bits per heavy atom.